The van der Waals surface area contributed by atoms with Crippen molar-refractivity contribution in [3.8, 4) is 23.0 Å². The Balaban J connectivity index is 1.52. The quantitative estimate of drug-likeness (QED) is 0.841. The Kier molecular flexibility index (Phi) is 5.09. The topological polar surface area (TPSA) is 66.4 Å². The lowest BCUT2D eigenvalue weighted by Crippen LogP contribution is -2.21. The van der Waals surface area contributed by atoms with Gasteiger partial charge in [-0.05, 0) is 47.7 Å². The summed E-state index contributed by atoms with van der Waals surface area (Å²) in [5.74, 6) is 3.12. The number of methoxy groups -OCH3 is 2. The van der Waals surface area contributed by atoms with E-state index in [1.807, 2.05) is 36.4 Å². The number of benzene rings is 2. The van der Waals surface area contributed by atoms with E-state index in [9.17, 15) is 5.11 Å². The molecule has 0 aromatic heterocycles. The Morgan fingerprint density at radius 1 is 1.00 bits per heavy atom. The average molecular weight is 372 g/mol. The van der Waals surface area contributed by atoms with Crippen LogP contribution in [0.15, 0.2) is 36.4 Å². The number of fused-ring (bicyclic) bond motifs is 1. The van der Waals surface area contributed by atoms with Crippen molar-refractivity contribution in [2.75, 3.05) is 34.2 Å². The molecule has 0 bridgehead atoms. The zero-order valence-electron chi connectivity index (χ0n) is 15.5. The van der Waals surface area contributed by atoms with Crippen molar-refractivity contribution >= 4 is 0 Å². The minimum absolute atomic E-state index is 0.00789. The molecule has 2 aliphatic rings. The van der Waals surface area contributed by atoms with Gasteiger partial charge in [-0.25, -0.2) is 0 Å². The molecule has 0 unspecified atom stereocenters. The lowest BCUT2D eigenvalue weighted by molar-refractivity contribution is 0.0717. The lowest BCUT2D eigenvalue weighted by atomic mass is 9.84. The van der Waals surface area contributed by atoms with Crippen LogP contribution < -0.4 is 18.9 Å². The molecule has 2 aromatic carbocycles. The summed E-state index contributed by atoms with van der Waals surface area (Å²) in [4.78, 5) is 0. The molecule has 0 aliphatic carbocycles. The first kappa shape index (κ1) is 17.9. The Labute approximate surface area is 158 Å². The molecule has 0 saturated carbocycles. The Hall–Kier alpha value is -2.44. The molecular weight excluding hydrogens is 348 g/mol. The van der Waals surface area contributed by atoms with Gasteiger partial charge in [0.1, 0.15) is 0 Å². The van der Waals surface area contributed by atoms with Gasteiger partial charge in [-0.3, -0.25) is 0 Å². The highest BCUT2D eigenvalue weighted by Crippen LogP contribution is 2.42. The van der Waals surface area contributed by atoms with Crippen molar-refractivity contribution in [1.82, 2.24) is 0 Å². The molecule has 2 heterocycles. The average Bonchev–Trinajstić information content (AvgIpc) is 3.33. The first-order chi connectivity index (χ1) is 13.2. The van der Waals surface area contributed by atoms with Crippen LogP contribution in [-0.2, 0) is 11.2 Å². The maximum Gasteiger partial charge on any atom is 0.231 e. The lowest BCUT2D eigenvalue weighted by Gasteiger charge is -2.22. The fraction of sp³-hybridized carbons (Fsp3) is 0.429. The minimum atomic E-state index is -0.172. The molecule has 0 radical (unpaired) electrons. The number of hydrogen-bond donors (Lipinski definition) is 1. The van der Waals surface area contributed by atoms with Crippen LogP contribution in [0.1, 0.15) is 17.2 Å². The Bertz CT molecular complexity index is 805. The van der Waals surface area contributed by atoms with Gasteiger partial charge in [0.25, 0.3) is 0 Å². The third-order valence-electron chi connectivity index (χ3n) is 5.37. The van der Waals surface area contributed by atoms with Crippen LogP contribution in [0.2, 0.25) is 0 Å². The van der Waals surface area contributed by atoms with Crippen LogP contribution in [0.5, 0.6) is 23.0 Å². The first-order valence-corrected chi connectivity index (χ1v) is 9.06. The van der Waals surface area contributed by atoms with Crippen molar-refractivity contribution in [2.24, 2.45) is 11.8 Å². The summed E-state index contributed by atoms with van der Waals surface area (Å²) in [7, 11) is 3.23. The predicted octanol–water partition coefficient (Wildman–Crippen LogP) is 2.97. The summed E-state index contributed by atoms with van der Waals surface area (Å²) in [5, 5.41) is 10.0. The van der Waals surface area contributed by atoms with Crippen molar-refractivity contribution < 1.29 is 28.8 Å². The number of aliphatic hydroxyl groups excluding tert-OH is 1. The predicted molar refractivity (Wildman–Crippen MR) is 98.6 cm³/mol. The largest absolute Gasteiger partial charge is 0.493 e. The molecule has 2 aliphatic heterocycles. The molecule has 2 aromatic rings. The highest BCUT2D eigenvalue weighted by atomic mass is 16.7. The van der Waals surface area contributed by atoms with Crippen LogP contribution in [0.4, 0.5) is 0 Å². The molecule has 0 spiro atoms. The number of hydrogen-bond acceptors (Lipinski definition) is 6. The van der Waals surface area contributed by atoms with Crippen molar-refractivity contribution in [2.45, 2.75) is 12.5 Å². The minimum Gasteiger partial charge on any atom is -0.493 e. The first-order valence-electron chi connectivity index (χ1n) is 9.06. The van der Waals surface area contributed by atoms with Crippen molar-refractivity contribution in [3.05, 3.63) is 47.5 Å². The molecule has 3 atom stereocenters. The molecule has 6 nitrogen and oxygen atoms in total. The molecule has 6 heteroatoms. The standard InChI is InChI=1S/C21H24O6/c1-23-17-6-4-14(9-19(17)24-2)21-16(10-22)15(11-25-21)7-13-3-5-18-20(8-13)27-12-26-18/h3-6,8-9,15-16,21-22H,7,10-12H2,1-2H3/t15-,16-,21+/m1/s1. The molecule has 1 fully saturated rings. The summed E-state index contributed by atoms with van der Waals surface area (Å²) in [5.41, 5.74) is 2.14. The van der Waals surface area contributed by atoms with Gasteiger partial charge in [-0.1, -0.05) is 12.1 Å². The van der Waals surface area contributed by atoms with E-state index in [-0.39, 0.29) is 31.3 Å². The van der Waals surface area contributed by atoms with Crippen molar-refractivity contribution in [1.29, 1.82) is 0 Å². The number of aliphatic hydroxyl groups is 1. The van der Waals surface area contributed by atoms with Crippen LogP contribution in [0.25, 0.3) is 0 Å². The van der Waals surface area contributed by atoms with Gasteiger partial charge in [0.15, 0.2) is 23.0 Å². The van der Waals surface area contributed by atoms with Gasteiger partial charge >= 0.3 is 0 Å². The SMILES string of the molecule is COc1ccc([C@@H]2OC[C@@H](Cc3ccc4c(c3)OCO4)[C@H]2CO)cc1OC. The summed E-state index contributed by atoms with van der Waals surface area (Å²) in [6.07, 6.45) is 0.639. The zero-order chi connectivity index (χ0) is 18.8. The molecule has 27 heavy (non-hydrogen) atoms. The maximum absolute atomic E-state index is 10.0. The summed E-state index contributed by atoms with van der Waals surface area (Å²) in [6.45, 7) is 0.929. The monoisotopic (exact) mass is 372 g/mol. The van der Waals surface area contributed by atoms with Crippen LogP contribution in [0.3, 0.4) is 0 Å². The van der Waals surface area contributed by atoms with Gasteiger partial charge in [0.2, 0.25) is 6.79 Å². The van der Waals surface area contributed by atoms with Gasteiger partial charge in [-0.15, -0.1) is 0 Å². The Morgan fingerprint density at radius 3 is 2.59 bits per heavy atom. The van der Waals surface area contributed by atoms with E-state index in [1.54, 1.807) is 14.2 Å². The summed E-state index contributed by atoms with van der Waals surface area (Å²) >= 11 is 0. The molecule has 0 amide bonds. The second-order valence-corrected chi connectivity index (χ2v) is 6.87. The van der Waals surface area contributed by atoms with Crippen LogP contribution in [0, 0.1) is 11.8 Å². The summed E-state index contributed by atoms with van der Waals surface area (Å²) < 4.78 is 27.6. The van der Waals surface area contributed by atoms with Crippen LogP contribution >= 0.6 is 0 Å². The van der Waals surface area contributed by atoms with Crippen molar-refractivity contribution in [3.63, 3.8) is 0 Å². The van der Waals surface area contributed by atoms with E-state index in [0.717, 1.165) is 29.0 Å². The fourth-order valence-electron chi connectivity index (χ4n) is 3.92. The number of ether oxygens (including phenoxy) is 5. The third-order valence-corrected chi connectivity index (χ3v) is 5.37. The molecule has 1 saturated heterocycles. The molecular formula is C21H24O6. The van der Waals surface area contributed by atoms with Gasteiger partial charge in [-0.2, -0.15) is 0 Å². The van der Waals surface area contributed by atoms with Gasteiger partial charge < -0.3 is 28.8 Å². The van der Waals surface area contributed by atoms with E-state index in [1.165, 1.54) is 0 Å². The van der Waals surface area contributed by atoms with Crippen LogP contribution in [-0.4, -0.2) is 39.3 Å². The Morgan fingerprint density at radius 2 is 1.81 bits per heavy atom. The molecule has 4 rings (SSSR count). The second kappa shape index (κ2) is 7.66. The fourth-order valence-corrected chi connectivity index (χ4v) is 3.92. The van der Waals surface area contributed by atoms with E-state index in [2.05, 4.69) is 0 Å². The van der Waals surface area contributed by atoms with Gasteiger partial charge in [0.05, 0.1) is 26.9 Å². The molecule has 1 N–H and O–H groups in total. The normalized spacial score (nSPS) is 23.4. The maximum atomic E-state index is 10.0. The highest BCUT2D eigenvalue weighted by Gasteiger charge is 2.38. The van der Waals surface area contributed by atoms with E-state index in [0.29, 0.717) is 18.1 Å². The van der Waals surface area contributed by atoms with E-state index < -0.39 is 0 Å². The van der Waals surface area contributed by atoms with Gasteiger partial charge in [0, 0.05) is 12.5 Å². The highest BCUT2D eigenvalue weighted by molar-refractivity contribution is 5.45. The third kappa shape index (κ3) is 3.42. The number of rotatable bonds is 6. The zero-order valence-corrected chi connectivity index (χ0v) is 15.5. The van der Waals surface area contributed by atoms with E-state index in [4.69, 9.17) is 23.7 Å². The molecule has 144 valence electrons. The smallest absolute Gasteiger partial charge is 0.231 e. The van der Waals surface area contributed by atoms with E-state index >= 15 is 0 Å². The summed E-state index contributed by atoms with van der Waals surface area (Å²) in [6, 6.07) is 11.8. The second-order valence-electron chi connectivity index (χ2n) is 6.87.